The first-order valence-corrected chi connectivity index (χ1v) is 4.34. The van der Waals surface area contributed by atoms with Gasteiger partial charge >= 0.3 is 0 Å². The van der Waals surface area contributed by atoms with Crippen molar-refractivity contribution in [2.75, 3.05) is 0 Å². The highest BCUT2D eigenvalue weighted by Crippen LogP contribution is 2.15. The lowest BCUT2D eigenvalue weighted by Crippen LogP contribution is -2.11. The van der Waals surface area contributed by atoms with Gasteiger partial charge in [-0.3, -0.25) is 0 Å². The highest BCUT2D eigenvalue weighted by atomic mass is 15.3. The third-order valence-electron chi connectivity index (χ3n) is 1.94. The lowest BCUT2D eigenvalue weighted by atomic mass is 10.1. The molecular formula is C9H11N5. The Labute approximate surface area is 81.6 Å². The van der Waals surface area contributed by atoms with E-state index in [-0.39, 0.29) is 6.04 Å². The van der Waals surface area contributed by atoms with Gasteiger partial charge in [0, 0.05) is 17.8 Å². The van der Waals surface area contributed by atoms with Crippen molar-refractivity contribution in [1.29, 1.82) is 0 Å². The monoisotopic (exact) mass is 189 g/mol. The van der Waals surface area contributed by atoms with Gasteiger partial charge in [0.05, 0.1) is 0 Å². The molecule has 0 amide bonds. The first kappa shape index (κ1) is 8.83. The predicted molar refractivity (Wildman–Crippen MR) is 51.8 cm³/mol. The summed E-state index contributed by atoms with van der Waals surface area (Å²) in [6, 6.07) is 3.73. The standard InChI is InChI=1S/C9H11N5/c1-7(10)8-3-2-4-12-9(8)14-6-11-5-13-14/h2-7H,10H2,1H3. The number of hydrogen-bond acceptors (Lipinski definition) is 4. The molecule has 0 aromatic carbocycles. The molecule has 0 saturated heterocycles. The molecule has 2 aromatic rings. The minimum atomic E-state index is -0.0668. The molecular weight excluding hydrogens is 178 g/mol. The number of rotatable bonds is 2. The molecule has 1 atom stereocenters. The summed E-state index contributed by atoms with van der Waals surface area (Å²) in [5.74, 6) is 0.736. The number of hydrogen-bond donors (Lipinski definition) is 1. The molecule has 2 rings (SSSR count). The summed E-state index contributed by atoms with van der Waals surface area (Å²) in [5, 5.41) is 4.02. The minimum absolute atomic E-state index is 0.0668. The molecule has 2 heterocycles. The van der Waals surface area contributed by atoms with Crippen LogP contribution in [0.25, 0.3) is 5.82 Å². The smallest absolute Gasteiger partial charge is 0.159 e. The van der Waals surface area contributed by atoms with E-state index in [4.69, 9.17) is 5.73 Å². The molecule has 0 aliphatic carbocycles. The fraction of sp³-hybridized carbons (Fsp3) is 0.222. The number of aromatic nitrogens is 4. The van der Waals surface area contributed by atoms with Crippen LogP contribution in [0.2, 0.25) is 0 Å². The third kappa shape index (κ3) is 1.49. The molecule has 2 N–H and O–H groups in total. The molecule has 14 heavy (non-hydrogen) atoms. The lowest BCUT2D eigenvalue weighted by molar-refractivity contribution is 0.760. The molecule has 1 unspecified atom stereocenters. The van der Waals surface area contributed by atoms with Crippen LogP contribution in [-0.4, -0.2) is 19.7 Å². The first-order valence-electron chi connectivity index (χ1n) is 4.34. The normalized spacial score (nSPS) is 12.7. The summed E-state index contributed by atoms with van der Waals surface area (Å²) in [7, 11) is 0. The highest BCUT2D eigenvalue weighted by Gasteiger charge is 2.09. The molecule has 0 radical (unpaired) electrons. The van der Waals surface area contributed by atoms with E-state index < -0.39 is 0 Å². The molecule has 0 spiro atoms. The third-order valence-corrected chi connectivity index (χ3v) is 1.94. The number of nitrogens with zero attached hydrogens (tertiary/aromatic N) is 4. The van der Waals surface area contributed by atoms with Crippen LogP contribution in [0, 0.1) is 0 Å². The Hall–Kier alpha value is -1.75. The van der Waals surface area contributed by atoms with Gasteiger partial charge < -0.3 is 5.73 Å². The average molecular weight is 189 g/mol. The second-order valence-electron chi connectivity index (χ2n) is 3.04. The molecule has 0 aliphatic heterocycles. The van der Waals surface area contributed by atoms with Crippen LogP contribution in [0.1, 0.15) is 18.5 Å². The van der Waals surface area contributed by atoms with E-state index in [0.29, 0.717) is 0 Å². The lowest BCUT2D eigenvalue weighted by Gasteiger charge is -2.09. The molecule has 2 aromatic heterocycles. The summed E-state index contributed by atoms with van der Waals surface area (Å²) in [4.78, 5) is 8.09. The van der Waals surface area contributed by atoms with E-state index in [1.807, 2.05) is 19.1 Å². The maximum Gasteiger partial charge on any atom is 0.159 e. The average Bonchev–Trinajstić information content (AvgIpc) is 2.70. The molecule has 72 valence electrons. The van der Waals surface area contributed by atoms with Crippen molar-refractivity contribution >= 4 is 0 Å². The molecule has 5 nitrogen and oxygen atoms in total. The van der Waals surface area contributed by atoms with Crippen molar-refractivity contribution in [1.82, 2.24) is 19.7 Å². The van der Waals surface area contributed by atoms with Gasteiger partial charge in [0.25, 0.3) is 0 Å². The van der Waals surface area contributed by atoms with E-state index in [1.165, 1.54) is 6.33 Å². The van der Waals surface area contributed by atoms with Crippen molar-refractivity contribution in [2.24, 2.45) is 5.73 Å². The van der Waals surface area contributed by atoms with Crippen LogP contribution in [-0.2, 0) is 0 Å². The highest BCUT2D eigenvalue weighted by molar-refractivity contribution is 5.34. The maximum atomic E-state index is 5.82. The Morgan fingerprint density at radius 3 is 3.00 bits per heavy atom. The molecule has 0 aliphatic rings. The van der Waals surface area contributed by atoms with Crippen molar-refractivity contribution in [3.05, 3.63) is 36.5 Å². The zero-order chi connectivity index (χ0) is 9.97. The summed E-state index contributed by atoms with van der Waals surface area (Å²) in [5.41, 5.74) is 6.78. The Morgan fingerprint density at radius 2 is 2.36 bits per heavy atom. The Kier molecular flexibility index (Phi) is 2.24. The Balaban J connectivity index is 2.53. The zero-order valence-corrected chi connectivity index (χ0v) is 7.83. The van der Waals surface area contributed by atoms with Gasteiger partial charge in [0.1, 0.15) is 12.7 Å². The maximum absolute atomic E-state index is 5.82. The van der Waals surface area contributed by atoms with Crippen LogP contribution < -0.4 is 5.73 Å². The van der Waals surface area contributed by atoms with E-state index in [9.17, 15) is 0 Å². The second-order valence-corrected chi connectivity index (χ2v) is 3.04. The second kappa shape index (κ2) is 3.55. The number of pyridine rings is 1. The Bertz CT molecular complexity index is 407. The van der Waals surface area contributed by atoms with Gasteiger partial charge in [0.15, 0.2) is 5.82 Å². The van der Waals surface area contributed by atoms with Crippen LogP contribution in [0.4, 0.5) is 0 Å². The quantitative estimate of drug-likeness (QED) is 0.754. The number of nitrogens with two attached hydrogens (primary N) is 1. The zero-order valence-electron chi connectivity index (χ0n) is 7.83. The van der Waals surface area contributed by atoms with Crippen LogP contribution in [0.15, 0.2) is 31.0 Å². The largest absolute Gasteiger partial charge is 0.324 e. The van der Waals surface area contributed by atoms with Gasteiger partial charge in [0.2, 0.25) is 0 Å². The van der Waals surface area contributed by atoms with Gasteiger partial charge in [-0.1, -0.05) is 6.07 Å². The van der Waals surface area contributed by atoms with Crippen molar-refractivity contribution in [3.63, 3.8) is 0 Å². The fourth-order valence-corrected chi connectivity index (χ4v) is 1.27. The molecule has 0 saturated carbocycles. The summed E-state index contributed by atoms with van der Waals surface area (Å²) in [6.07, 6.45) is 4.79. The van der Waals surface area contributed by atoms with Gasteiger partial charge in [-0.2, -0.15) is 5.10 Å². The molecule has 0 bridgehead atoms. The topological polar surface area (TPSA) is 69.6 Å². The molecule has 5 heteroatoms. The van der Waals surface area contributed by atoms with Crippen molar-refractivity contribution in [3.8, 4) is 5.82 Å². The fourth-order valence-electron chi connectivity index (χ4n) is 1.27. The van der Waals surface area contributed by atoms with E-state index in [2.05, 4.69) is 15.1 Å². The van der Waals surface area contributed by atoms with E-state index in [1.54, 1.807) is 17.2 Å². The minimum Gasteiger partial charge on any atom is -0.324 e. The van der Waals surface area contributed by atoms with Crippen LogP contribution in [0.3, 0.4) is 0 Å². The van der Waals surface area contributed by atoms with E-state index >= 15 is 0 Å². The first-order chi connectivity index (χ1) is 6.79. The van der Waals surface area contributed by atoms with Crippen LogP contribution in [0.5, 0.6) is 0 Å². The van der Waals surface area contributed by atoms with Gasteiger partial charge in [-0.05, 0) is 13.0 Å². The van der Waals surface area contributed by atoms with E-state index in [0.717, 1.165) is 11.4 Å². The molecule has 0 fully saturated rings. The summed E-state index contributed by atoms with van der Waals surface area (Å²) < 4.78 is 1.61. The Morgan fingerprint density at radius 1 is 1.50 bits per heavy atom. The van der Waals surface area contributed by atoms with Crippen molar-refractivity contribution < 1.29 is 0 Å². The SMILES string of the molecule is CC(N)c1cccnc1-n1cncn1. The predicted octanol–water partition coefficient (Wildman–Crippen LogP) is 0.682. The van der Waals surface area contributed by atoms with Crippen molar-refractivity contribution in [2.45, 2.75) is 13.0 Å². The van der Waals surface area contributed by atoms with Crippen LogP contribution >= 0.6 is 0 Å². The van der Waals surface area contributed by atoms with Gasteiger partial charge in [-0.15, -0.1) is 0 Å². The van der Waals surface area contributed by atoms with Gasteiger partial charge in [-0.25, -0.2) is 14.6 Å². The summed E-state index contributed by atoms with van der Waals surface area (Å²) >= 11 is 0. The summed E-state index contributed by atoms with van der Waals surface area (Å²) in [6.45, 7) is 1.91.